The number of rotatable bonds is 9. The molecule has 0 saturated heterocycles. The normalized spacial score (nSPS) is 10.9. The third-order valence-corrected chi connectivity index (χ3v) is 5.61. The third kappa shape index (κ3) is 5.91. The van der Waals surface area contributed by atoms with Gasteiger partial charge in [-0.05, 0) is 54.2 Å². The number of carbonyl (C=O) groups excluding carboxylic acids is 2. The number of amides is 1. The zero-order valence-electron chi connectivity index (χ0n) is 19.5. The molecule has 1 amide bonds. The molecule has 2 aromatic carbocycles. The Bertz CT molecular complexity index is 1050. The minimum absolute atomic E-state index is 0.135. The molecule has 0 unspecified atom stereocenters. The molecule has 0 spiro atoms. The average Bonchev–Trinajstić information content (AvgIpc) is 2.81. The van der Waals surface area contributed by atoms with E-state index in [-0.39, 0.29) is 11.7 Å². The number of benzene rings is 2. The second kappa shape index (κ2) is 10.9. The van der Waals surface area contributed by atoms with Gasteiger partial charge in [0, 0.05) is 42.5 Å². The molecule has 1 heterocycles. The molecule has 4 heteroatoms. The van der Waals surface area contributed by atoms with Gasteiger partial charge < -0.3 is 4.90 Å². The van der Waals surface area contributed by atoms with Crippen LogP contribution in [0.15, 0.2) is 66.9 Å². The second-order valence-electron chi connectivity index (χ2n) is 8.55. The summed E-state index contributed by atoms with van der Waals surface area (Å²) in [7, 11) is 0. The Kier molecular flexibility index (Phi) is 7.93. The molecule has 0 aliphatic rings. The van der Waals surface area contributed by atoms with Crippen molar-refractivity contribution in [1.29, 1.82) is 0 Å². The van der Waals surface area contributed by atoms with E-state index in [0.717, 1.165) is 33.6 Å². The van der Waals surface area contributed by atoms with Crippen molar-refractivity contribution in [3.8, 4) is 11.1 Å². The van der Waals surface area contributed by atoms with Crippen molar-refractivity contribution in [3.05, 3.63) is 83.7 Å². The topological polar surface area (TPSA) is 50.3 Å². The molecule has 0 N–H and O–H groups in total. The number of hydrogen-bond acceptors (Lipinski definition) is 3. The van der Waals surface area contributed by atoms with Crippen molar-refractivity contribution in [2.45, 2.75) is 47.0 Å². The van der Waals surface area contributed by atoms with Crippen molar-refractivity contribution in [2.75, 3.05) is 11.4 Å². The van der Waals surface area contributed by atoms with Gasteiger partial charge in [0.15, 0.2) is 5.78 Å². The standard InChI is InChI=1S/C28H32N2O2/c1-5-28(32)30(19-20(2)3)26-15-12-24(13-16-26)23-8-10-25(11-9-23)27(31)17-14-22-7-6-18-29-21(22)4/h6-13,15-16,18,20H,5,14,17,19H2,1-4H3. The van der Waals surface area contributed by atoms with E-state index in [4.69, 9.17) is 0 Å². The van der Waals surface area contributed by atoms with Crippen LogP contribution in [0, 0.1) is 12.8 Å². The number of Topliss-reactive ketones (excluding diaryl/α,β-unsaturated/α-hetero) is 1. The lowest BCUT2D eigenvalue weighted by molar-refractivity contribution is -0.118. The van der Waals surface area contributed by atoms with E-state index in [1.165, 1.54) is 0 Å². The molecule has 3 rings (SSSR count). The summed E-state index contributed by atoms with van der Waals surface area (Å²) in [6, 6.07) is 19.8. The lowest BCUT2D eigenvalue weighted by Gasteiger charge is -2.24. The molecule has 0 saturated carbocycles. The maximum absolute atomic E-state index is 12.6. The predicted molar refractivity (Wildman–Crippen MR) is 131 cm³/mol. The van der Waals surface area contributed by atoms with Crippen molar-refractivity contribution in [1.82, 2.24) is 4.98 Å². The number of hydrogen-bond donors (Lipinski definition) is 0. The maximum Gasteiger partial charge on any atom is 0.226 e. The smallest absolute Gasteiger partial charge is 0.226 e. The zero-order valence-corrected chi connectivity index (χ0v) is 19.5. The van der Waals surface area contributed by atoms with E-state index in [0.29, 0.717) is 31.7 Å². The molecule has 166 valence electrons. The minimum Gasteiger partial charge on any atom is -0.312 e. The Hall–Kier alpha value is -3.27. The van der Waals surface area contributed by atoms with Crippen LogP contribution < -0.4 is 4.90 Å². The van der Waals surface area contributed by atoms with Gasteiger partial charge in [0.2, 0.25) is 5.91 Å². The van der Waals surface area contributed by atoms with Crippen molar-refractivity contribution in [3.63, 3.8) is 0 Å². The summed E-state index contributed by atoms with van der Waals surface area (Å²) in [6.07, 6.45) is 3.43. The van der Waals surface area contributed by atoms with Gasteiger partial charge in [0.1, 0.15) is 0 Å². The average molecular weight is 429 g/mol. The molecule has 0 aliphatic carbocycles. The quantitative estimate of drug-likeness (QED) is 0.377. The summed E-state index contributed by atoms with van der Waals surface area (Å²) in [6.45, 7) is 8.81. The van der Waals surface area contributed by atoms with Crippen LogP contribution in [-0.4, -0.2) is 23.2 Å². The molecule has 1 aromatic heterocycles. The Morgan fingerprint density at radius 2 is 1.56 bits per heavy atom. The van der Waals surface area contributed by atoms with Gasteiger partial charge in [0.05, 0.1) is 0 Å². The van der Waals surface area contributed by atoms with Crippen molar-refractivity contribution >= 4 is 17.4 Å². The van der Waals surface area contributed by atoms with Crippen LogP contribution in [0.1, 0.15) is 55.2 Å². The number of pyridine rings is 1. The highest BCUT2D eigenvalue weighted by Gasteiger charge is 2.15. The van der Waals surface area contributed by atoms with E-state index in [1.807, 2.05) is 79.4 Å². The van der Waals surface area contributed by atoms with Gasteiger partial charge in [0.25, 0.3) is 0 Å². The zero-order chi connectivity index (χ0) is 23.1. The highest BCUT2D eigenvalue weighted by Crippen LogP contribution is 2.25. The van der Waals surface area contributed by atoms with Crippen molar-refractivity contribution < 1.29 is 9.59 Å². The first-order valence-electron chi connectivity index (χ1n) is 11.3. The highest BCUT2D eigenvalue weighted by atomic mass is 16.2. The number of aromatic nitrogens is 1. The van der Waals surface area contributed by atoms with Crippen LogP contribution in [0.25, 0.3) is 11.1 Å². The van der Waals surface area contributed by atoms with E-state index < -0.39 is 0 Å². The molecular formula is C28H32N2O2. The van der Waals surface area contributed by atoms with Gasteiger partial charge in [-0.2, -0.15) is 0 Å². The number of aryl methyl sites for hydroxylation is 2. The summed E-state index contributed by atoms with van der Waals surface area (Å²) < 4.78 is 0. The van der Waals surface area contributed by atoms with Gasteiger partial charge in [-0.15, -0.1) is 0 Å². The molecular weight excluding hydrogens is 396 g/mol. The summed E-state index contributed by atoms with van der Waals surface area (Å²) in [5.41, 5.74) is 5.85. The molecule has 4 nitrogen and oxygen atoms in total. The lowest BCUT2D eigenvalue weighted by Crippen LogP contribution is -2.33. The Labute approximate surface area is 191 Å². The van der Waals surface area contributed by atoms with Crippen LogP contribution in [0.4, 0.5) is 5.69 Å². The molecule has 0 aliphatic heterocycles. The van der Waals surface area contributed by atoms with Crippen LogP contribution in [0.2, 0.25) is 0 Å². The van der Waals surface area contributed by atoms with Crippen LogP contribution in [-0.2, 0) is 11.2 Å². The lowest BCUT2D eigenvalue weighted by atomic mass is 9.99. The van der Waals surface area contributed by atoms with E-state index in [9.17, 15) is 9.59 Å². The summed E-state index contributed by atoms with van der Waals surface area (Å²) in [4.78, 5) is 31.1. The Morgan fingerprint density at radius 1 is 0.938 bits per heavy atom. The maximum atomic E-state index is 12.6. The van der Waals surface area contributed by atoms with Crippen LogP contribution in [0.5, 0.6) is 0 Å². The number of ketones is 1. The minimum atomic E-state index is 0.135. The van der Waals surface area contributed by atoms with Gasteiger partial charge in [-0.25, -0.2) is 0 Å². The molecule has 0 radical (unpaired) electrons. The highest BCUT2D eigenvalue weighted by molar-refractivity contribution is 5.96. The van der Waals surface area contributed by atoms with Crippen molar-refractivity contribution in [2.24, 2.45) is 5.92 Å². The predicted octanol–water partition coefficient (Wildman–Crippen LogP) is 6.27. The molecule has 0 fully saturated rings. The van der Waals surface area contributed by atoms with Gasteiger partial charge >= 0.3 is 0 Å². The number of anilines is 1. The Morgan fingerprint density at radius 3 is 2.12 bits per heavy atom. The number of carbonyl (C=O) groups is 2. The first kappa shape index (κ1) is 23.4. The number of nitrogens with zero attached hydrogens (tertiary/aromatic N) is 2. The van der Waals surface area contributed by atoms with E-state index in [1.54, 1.807) is 6.20 Å². The second-order valence-corrected chi connectivity index (χ2v) is 8.55. The largest absolute Gasteiger partial charge is 0.312 e. The van der Waals surface area contributed by atoms with Gasteiger partial charge in [-0.3, -0.25) is 14.6 Å². The van der Waals surface area contributed by atoms with E-state index >= 15 is 0 Å². The fourth-order valence-corrected chi connectivity index (χ4v) is 3.76. The fraction of sp³-hybridized carbons (Fsp3) is 0.321. The molecule has 3 aromatic rings. The fourth-order valence-electron chi connectivity index (χ4n) is 3.76. The molecule has 32 heavy (non-hydrogen) atoms. The monoisotopic (exact) mass is 428 g/mol. The molecule has 0 bridgehead atoms. The van der Waals surface area contributed by atoms with Crippen LogP contribution in [0.3, 0.4) is 0 Å². The summed E-state index contributed by atoms with van der Waals surface area (Å²) in [5, 5.41) is 0. The van der Waals surface area contributed by atoms with E-state index in [2.05, 4.69) is 18.8 Å². The third-order valence-electron chi connectivity index (χ3n) is 5.61. The summed E-state index contributed by atoms with van der Waals surface area (Å²) in [5.74, 6) is 0.672. The first-order chi connectivity index (χ1) is 15.4. The summed E-state index contributed by atoms with van der Waals surface area (Å²) >= 11 is 0. The van der Waals surface area contributed by atoms with Gasteiger partial charge in [-0.1, -0.05) is 63.2 Å². The Balaban J connectivity index is 1.68. The SMILES string of the molecule is CCC(=O)N(CC(C)C)c1ccc(-c2ccc(C(=O)CCc3cccnc3C)cc2)cc1. The molecule has 0 atom stereocenters. The van der Waals surface area contributed by atoms with Crippen LogP contribution >= 0.6 is 0 Å². The first-order valence-corrected chi connectivity index (χ1v) is 11.3.